The van der Waals surface area contributed by atoms with Gasteiger partial charge in [-0.3, -0.25) is 10.1 Å². The fourth-order valence-corrected chi connectivity index (χ4v) is 1.97. The van der Waals surface area contributed by atoms with Crippen LogP contribution in [-0.4, -0.2) is 23.7 Å². The van der Waals surface area contributed by atoms with E-state index in [0.29, 0.717) is 6.10 Å². The lowest BCUT2D eigenvalue weighted by Gasteiger charge is -2.12. The average Bonchev–Trinajstić information content (AvgIpc) is 2.73. The number of anilines is 1. The van der Waals surface area contributed by atoms with Crippen LogP contribution in [0.4, 0.5) is 11.4 Å². The van der Waals surface area contributed by atoms with E-state index in [1.807, 2.05) is 0 Å². The van der Waals surface area contributed by atoms with Gasteiger partial charge in [0.2, 0.25) is 0 Å². The first-order chi connectivity index (χ1) is 8.15. The van der Waals surface area contributed by atoms with Crippen molar-refractivity contribution in [3.05, 3.63) is 34.4 Å². The number of hydrogen-bond donors (Lipinski definition) is 1. The van der Waals surface area contributed by atoms with E-state index in [2.05, 4.69) is 12.2 Å². The molecule has 5 heteroatoms. The van der Waals surface area contributed by atoms with Crippen molar-refractivity contribution in [3.8, 4) is 0 Å². The predicted octanol–water partition coefficient (Wildman–Crippen LogP) is 2.57. The second kappa shape index (κ2) is 5.14. The minimum absolute atomic E-state index is 0.112. The predicted molar refractivity (Wildman–Crippen MR) is 65.2 cm³/mol. The molecular weight excluding hydrogens is 220 g/mol. The molecule has 1 aliphatic heterocycles. The number of hydrogen-bond acceptors (Lipinski definition) is 4. The summed E-state index contributed by atoms with van der Waals surface area (Å²) in [7, 11) is 0. The molecule has 2 rings (SSSR count). The Kier molecular flexibility index (Phi) is 3.58. The number of rotatable bonds is 4. The molecule has 1 aromatic carbocycles. The summed E-state index contributed by atoms with van der Waals surface area (Å²) in [6, 6.07) is 6.44. The van der Waals surface area contributed by atoms with Crippen LogP contribution in [0.5, 0.6) is 0 Å². The van der Waals surface area contributed by atoms with E-state index in [9.17, 15) is 10.1 Å². The molecule has 0 saturated carbocycles. The number of nitrogens with one attached hydrogen (secondary N) is 1. The zero-order chi connectivity index (χ0) is 12.3. The molecule has 0 radical (unpaired) electrons. The maximum Gasteiger partial charge on any atom is 0.269 e. The number of benzene rings is 1. The number of nitro benzene ring substituents is 1. The minimum Gasteiger partial charge on any atom is -0.382 e. The SMILES string of the molecule is CC1CCC(CNc2ccc([N+](=O)[O-])cc2)O1. The Morgan fingerprint density at radius 3 is 2.65 bits per heavy atom. The first-order valence-corrected chi connectivity index (χ1v) is 5.79. The summed E-state index contributed by atoms with van der Waals surface area (Å²) in [5.74, 6) is 0. The molecule has 1 aliphatic rings. The molecule has 1 heterocycles. The van der Waals surface area contributed by atoms with E-state index in [0.717, 1.165) is 25.1 Å². The van der Waals surface area contributed by atoms with Gasteiger partial charge in [-0.1, -0.05) is 0 Å². The Morgan fingerprint density at radius 1 is 1.41 bits per heavy atom. The lowest BCUT2D eigenvalue weighted by Crippen LogP contribution is -2.19. The maximum atomic E-state index is 10.5. The Morgan fingerprint density at radius 2 is 2.12 bits per heavy atom. The summed E-state index contributed by atoms with van der Waals surface area (Å²) in [4.78, 5) is 10.1. The van der Waals surface area contributed by atoms with E-state index in [-0.39, 0.29) is 11.8 Å². The van der Waals surface area contributed by atoms with Crippen LogP contribution < -0.4 is 5.32 Å². The zero-order valence-corrected chi connectivity index (χ0v) is 9.76. The van der Waals surface area contributed by atoms with Gasteiger partial charge < -0.3 is 10.1 Å². The fraction of sp³-hybridized carbons (Fsp3) is 0.500. The van der Waals surface area contributed by atoms with Crippen LogP contribution in [-0.2, 0) is 4.74 Å². The summed E-state index contributed by atoms with van der Waals surface area (Å²) in [5, 5.41) is 13.7. The monoisotopic (exact) mass is 236 g/mol. The van der Waals surface area contributed by atoms with Crippen molar-refractivity contribution in [2.75, 3.05) is 11.9 Å². The molecule has 2 unspecified atom stereocenters. The summed E-state index contributed by atoms with van der Waals surface area (Å²) >= 11 is 0. The summed E-state index contributed by atoms with van der Waals surface area (Å²) in [6.45, 7) is 2.83. The van der Waals surface area contributed by atoms with Gasteiger partial charge in [-0.2, -0.15) is 0 Å². The van der Waals surface area contributed by atoms with Crippen LogP contribution in [0.1, 0.15) is 19.8 Å². The van der Waals surface area contributed by atoms with E-state index in [4.69, 9.17) is 4.74 Å². The van der Waals surface area contributed by atoms with Crippen molar-refractivity contribution >= 4 is 11.4 Å². The van der Waals surface area contributed by atoms with Crippen molar-refractivity contribution in [2.45, 2.75) is 32.0 Å². The van der Waals surface area contributed by atoms with Crippen molar-refractivity contribution in [1.29, 1.82) is 0 Å². The quantitative estimate of drug-likeness (QED) is 0.644. The summed E-state index contributed by atoms with van der Waals surface area (Å²) < 4.78 is 5.67. The van der Waals surface area contributed by atoms with Gasteiger partial charge in [0.15, 0.2) is 0 Å². The van der Waals surface area contributed by atoms with Crippen LogP contribution >= 0.6 is 0 Å². The third kappa shape index (κ3) is 3.17. The highest BCUT2D eigenvalue weighted by molar-refractivity contribution is 5.48. The van der Waals surface area contributed by atoms with Crippen LogP contribution in [0.15, 0.2) is 24.3 Å². The second-order valence-electron chi connectivity index (χ2n) is 4.33. The van der Waals surface area contributed by atoms with E-state index >= 15 is 0 Å². The topological polar surface area (TPSA) is 64.4 Å². The number of ether oxygens (including phenoxy) is 1. The van der Waals surface area contributed by atoms with Crippen molar-refractivity contribution < 1.29 is 9.66 Å². The molecule has 0 aliphatic carbocycles. The number of nitro groups is 1. The fourth-order valence-electron chi connectivity index (χ4n) is 1.97. The van der Waals surface area contributed by atoms with Gasteiger partial charge >= 0.3 is 0 Å². The van der Waals surface area contributed by atoms with Crippen molar-refractivity contribution in [3.63, 3.8) is 0 Å². The Hall–Kier alpha value is -1.62. The smallest absolute Gasteiger partial charge is 0.269 e. The number of nitrogens with zero attached hydrogens (tertiary/aromatic N) is 1. The van der Waals surface area contributed by atoms with Gasteiger partial charge in [0.25, 0.3) is 5.69 Å². The standard InChI is InChI=1S/C12H16N2O3/c1-9-2-7-12(17-9)8-13-10-3-5-11(6-4-10)14(15)16/h3-6,9,12-13H,2,7-8H2,1H3. The van der Waals surface area contributed by atoms with Gasteiger partial charge in [-0.25, -0.2) is 0 Å². The van der Waals surface area contributed by atoms with Crippen molar-refractivity contribution in [2.24, 2.45) is 0 Å². The molecule has 5 nitrogen and oxygen atoms in total. The first-order valence-electron chi connectivity index (χ1n) is 5.79. The normalized spacial score (nSPS) is 23.6. The Labute approximate surface area is 99.9 Å². The third-order valence-electron chi connectivity index (χ3n) is 2.93. The largest absolute Gasteiger partial charge is 0.382 e. The van der Waals surface area contributed by atoms with E-state index < -0.39 is 4.92 Å². The highest BCUT2D eigenvalue weighted by Crippen LogP contribution is 2.20. The summed E-state index contributed by atoms with van der Waals surface area (Å²) in [5.41, 5.74) is 1.00. The molecule has 17 heavy (non-hydrogen) atoms. The lowest BCUT2D eigenvalue weighted by molar-refractivity contribution is -0.384. The molecular formula is C12H16N2O3. The van der Waals surface area contributed by atoms with Crippen molar-refractivity contribution in [1.82, 2.24) is 0 Å². The highest BCUT2D eigenvalue weighted by Gasteiger charge is 2.21. The van der Waals surface area contributed by atoms with E-state index in [1.54, 1.807) is 12.1 Å². The van der Waals surface area contributed by atoms with Crippen LogP contribution in [0.2, 0.25) is 0 Å². The molecule has 1 fully saturated rings. The van der Waals surface area contributed by atoms with Gasteiger partial charge in [-0.15, -0.1) is 0 Å². The van der Waals surface area contributed by atoms with E-state index in [1.165, 1.54) is 12.1 Å². The molecule has 1 aromatic rings. The van der Waals surface area contributed by atoms with Gasteiger partial charge in [0.05, 0.1) is 17.1 Å². The van der Waals surface area contributed by atoms with Crippen LogP contribution in [0, 0.1) is 10.1 Å². The molecule has 0 aromatic heterocycles. The zero-order valence-electron chi connectivity index (χ0n) is 9.76. The Bertz CT molecular complexity index is 391. The number of non-ortho nitro benzene ring substituents is 1. The van der Waals surface area contributed by atoms with Crippen LogP contribution in [0.3, 0.4) is 0 Å². The average molecular weight is 236 g/mol. The molecule has 0 bridgehead atoms. The molecule has 0 amide bonds. The molecule has 2 atom stereocenters. The third-order valence-corrected chi connectivity index (χ3v) is 2.93. The highest BCUT2D eigenvalue weighted by atomic mass is 16.6. The molecule has 1 N–H and O–H groups in total. The molecule has 0 spiro atoms. The molecule has 1 saturated heterocycles. The van der Waals surface area contributed by atoms with Gasteiger partial charge in [0, 0.05) is 24.4 Å². The first kappa shape index (κ1) is 11.9. The Balaban J connectivity index is 1.85. The van der Waals surface area contributed by atoms with Crippen LogP contribution in [0.25, 0.3) is 0 Å². The minimum atomic E-state index is -0.397. The second-order valence-corrected chi connectivity index (χ2v) is 4.33. The maximum absolute atomic E-state index is 10.5. The summed E-state index contributed by atoms with van der Waals surface area (Å²) in [6.07, 6.45) is 2.77. The molecule has 92 valence electrons. The van der Waals surface area contributed by atoms with Gasteiger partial charge in [0.1, 0.15) is 0 Å². The lowest BCUT2D eigenvalue weighted by atomic mass is 10.2. The van der Waals surface area contributed by atoms with Gasteiger partial charge in [-0.05, 0) is 31.9 Å².